The summed E-state index contributed by atoms with van der Waals surface area (Å²) in [4.78, 5) is 9.02. The van der Waals surface area contributed by atoms with Crippen molar-refractivity contribution in [3.63, 3.8) is 0 Å². The maximum Gasteiger partial charge on any atom is 0.125 e. The van der Waals surface area contributed by atoms with Crippen molar-refractivity contribution < 1.29 is 9.84 Å². The van der Waals surface area contributed by atoms with E-state index in [2.05, 4.69) is 15.6 Å². The highest BCUT2D eigenvalue weighted by Crippen LogP contribution is 2.24. The molecule has 3 N–H and O–H groups in total. The van der Waals surface area contributed by atoms with Gasteiger partial charge in [-0.1, -0.05) is 6.07 Å². The van der Waals surface area contributed by atoms with Crippen LogP contribution in [0.2, 0.25) is 0 Å². The van der Waals surface area contributed by atoms with Crippen molar-refractivity contribution in [1.82, 2.24) is 15.3 Å². The van der Waals surface area contributed by atoms with Gasteiger partial charge in [-0.3, -0.25) is 0 Å². The number of anilines is 1. The third kappa shape index (κ3) is 4.23. The molecule has 1 unspecified atom stereocenters. The van der Waals surface area contributed by atoms with Crippen LogP contribution in [0.1, 0.15) is 0 Å². The largest absolute Gasteiger partial charge is 0.491 e. The molecule has 0 radical (unpaired) electrons. The van der Waals surface area contributed by atoms with Crippen LogP contribution in [0.3, 0.4) is 0 Å². The Bertz CT molecular complexity index is 836. The molecular weight excluding hydrogens is 316 g/mol. The molecule has 6 nitrogen and oxygen atoms in total. The summed E-state index contributed by atoms with van der Waals surface area (Å²) in [5, 5.41) is 16.6. The van der Waals surface area contributed by atoms with Crippen LogP contribution in [0.5, 0.6) is 5.75 Å². The number of fused-ring (bicyclic) bond motifs is 1. The molecule has 0 aliphatic rings. The first-order valence-corrected chi connectivity index (χ1v) is 8.20. The van der Waals surface area contributed by atoms with E-state index in [1.54, 1.807) is 13.2 Å². The first-order valence-electron chi connectivity index (χ1n) is 8.20. The summed E-state index contributed by atoms with van der Waals surface area (Å²) in [5.74, 6) is 1.55. The number of pyridine rings is 2. The van der Waals surface area contributed by atoms with Gasteiger partial charge in [-0.2, -0.15) is 0 Å². The highest BCUT2D eigenvalue weighted by atomic mass is 16.5. The summed E-state index contributed by atoms with van der Waals surface area (Å²) in [5.41, 5.74) is 2.73. The molecule has 1 aromatic carbocycles. The third-order valence-electron chi connectivity index (χ3n) is 3.86. The van der Waals surface area contributed by atoms with Crippen LogP contribution in [0.15, 0.2) is 48.7 Å². The molecule has 6 heteroatoms. The van der Waals surface area contributed by atoms with E-state index in [-0.39, 0.29) is 6.61 Å². The number of hydrogen-bond acceptors (Lipinski definition) is 6. The summed E-state index contributed by atoms with van der Waals surface area (Å²) in [6.07, 6.45) is 1.27. The van der Waals surface area contributed by atoms with Crippen molar-refractivity contribution >= 4 is 16.7 Å². The highest BCUT2D eigenvalue weighted by molar-refractivity contribution is 5.82. The molecule has 0 aliphatic heterocycles. The van der Waals surface area contributed by atoms with Crippen molar-refractivity contribution in [3.8, 4) is 17.0 Å². The van der Waals surface area contributed by atoms with Gasteiger partial charge in [0.2, 0.25) is 0 Å². The van der Waals surface area contributed by atoms with E-state index in [0.29, 0.717) is 6.54 Å². The normalized spacial score (nSPS) is 12.1. The molecule has 1 atom stereocenters. The van der Waals surface area contributed by atoms with Crippen LogP contribution in [0.25, 0.3) is 22.2 Å². The van der Waals surface area contributed by atoms with Crippen molar-refractivity contribution in [2.45, 2.75) is 6.10 Å². The van der Waals surface area contributed by atoms with Crippen molar-refractivity contribution in [2.75, 3.05) is 32.6 Å². The summed E-state index contributed by atoms with van der Waals surface area (Å²) in [6.45, 7) is 0.750. The van der Waals surface area contributed by atoms with E-state index in [0.717, 1.165) is 33.7 Å². The van der Waals surface area contributed by atoms with Gasteiger partial charge in [0.15, 0.2) is 0 Å². The molecule has 25 heavy (non-hydrogen) atoms. The summed E-state index contributed by atoms with van der Waals surface area (Å²) in [7, 11) is 3.64. The minimum Gasteiger partial charge on any atom is -0.491 e. The lowest BCUT2D eigenvalue weighted by molar-refractivity contribution is 0.108. The van der Waals surface area contributed by atoms with E-state index >= 15 is 0 Å². The van der Waals surface area contributed by atoms with Crippen LogP contribution >= 0.6 is 0 Å². The molecule has 2 heterocycles. The maximum absolute atomic E-state index is 9.71. The Kier molecular flexibility index (Phi) is 5.42. The zero-order valence-electron chi connectivity index (χ0n) is 14.4. The van der Waals surface area contributed by atoms with E-state index in [4.69, 9.17) is 9.72 Å². The molecule has 130 valence electrons. The Balaban J connectivity index is 1.78. The molecule has 0 fully saturated rings. The Hall–Kier alpha value is -2.70. The van der Waals surface area contributed by atoms with Gasteiger partial charge in [-0.05, 0) is 43.4 Å². The van der Waals surface area contributed by atoms with Gasteiger partial charge < -0.3 is 20.5 Å². The van der Waals surface area contributed by atoms with E-state index < -0.39 is 6.10 Å². The minimum atomic E-state index is -0.533. The highest BCUT2D eigenvalue weighted by Gasteiger charge is 2.06. The number of benzene rings is 1. The average Bonchev–Trinajstić information content (AvgIpc) is 2.66. The van der Waals surface area contributed by atoms with Gasteiger partial charge in [-0.15, -0.1) is 0 Å². The number of aliphatic hydroxyl groups excluding tert-OH is 1. The van der Waals surface area contributed by atoms with Crippen molar-refractivity contribution in [2.24, 2.45) is 0 Å². The second-order valence-corrected chi connectivity index (χ2v) is 5.76. The molecule has 3 aromatic rings. The van der Waals surface area contributed by atoms with Crippen molar-refractivity contribution in [1.29, 1.82) is 0 Å². The third-order valence-corrected chi connectivity index (χ3v) is 3.86. The molecule has 0 aliphatic carbocycles. The average molecular weight is 338 g/mol. The number of nitrogens with zero attached hydrogens (tertiary/aromatic N) is 2. The predicted molar refractivity (Wildman–Crippen MR) is 99.9 cm³/mol. The number of nitrogens with one attached hydrogen (secondary N) is 2. The topological polar surface area (TPSA) is 79.3 Å². The number of aliphatic hydroxyl groups is 1. The number of aromatic nitrogens is 2. The van der Waals surface area contributed by atoms with Gasteiger partial charge in [0, 0.05) is 30.7 Å². The van der Waals surface area contributed by atoms with Gasteiger partial charge in [0.25, 0.3) is 0 Å². The minimum absolute atomic E-state index is 0.251. The summed E-state index contributed by atoms with van der Waals surface area (Å²) >= 11 is 0. The summed E-state index contributed by atoms with van der Waals surface area (Å²) < 4.78 is 5.63. The monoisotopic (exact) mass is 338 g/mol. The molecule has 0 amide bonds. The zero-order valence-corrected chi connectivity index (χ0v) is 14.4. The SMILES string of the molecule is CNCC(O)COc1ccc2nc(-c3ccc(NC)nc3)ccc2c1. The summed E-state index contributed by atoms with van der Waals surface area (Å²) in [6, 6.07) is 13.6. The lowest BCUT2D eigenvalue weighted by atomic mass is 10.1. The Morgan fingerprint density at radius 1 is 1.12 bits per heavy atom. The second kappa shape index (κ2) is 7.92. The lowest BCUT2D eigenvalue weighted by Crippen LogP contribution is -2.29. The van der Waals surface area contributed by atoms with Gasteiger partial charge >= 0.3 is 0 Å². The molecule has 0 saturated heterocycles. The van der Waals surface area contributed by atoms with Crippen LogP contribution in [-0.4, -0.2) is 48.4 Å². The Morgan fingerprint density at radius 2 is 2.00 bits per heavy atom. The van der Waals surface area contributed by atoms with Gasteiger partial charge in [0.1, 0.15) is 24.3 Å². The van der Waals surface area contributed by atoms with E-state index in [1.807, 2.05) is 49.5 Å². The molecule has 0 saturated carbocycles. The van der Waals surface area contributed by atoms with Crippen LogP contribution in [0, 0.1) is 0 Å². The molecule has 3 rings (SSSR count). The van der Waals surface area contributed by atoms with Crippen LogP contribution in [0.4, 0.5) is 5.82 Å². The molecule has 0 bridgehead atoms. The van der Waals surface area contributed by atoms with Gasteiger partial charge in [0.05, 0.1) is 11.2 Å². The second-order valence-electron chi connectivity index (χ2n) is 5.76. The van der Waals surface area contributed by atoms with E-state index in [9.17, 15) is 5.11 Å². The zero-order chi connectivity index (χ0) is 17.6. The van der Waals surface area contributed by atoms with E-state index in [1.165, 1.54) is 0 Å². The fraction of sp³-hybridized carbons (Fsp3) is 0.263. The number of rotatable bonds is 7. The Morgan fingerprint density at radius 3 is 2.72 bits per heavy atom. The van der Waals surface area contributed by atoms with Crippen molar-refractivity contribution in [3.05, 3.63) is 48.7 Å². The fourth-order valence-corrected chi connectivity index (χ4v) is 2.53. The van der Waals surface area contributed by atoms with Crippen LogP contribution in [-0.2, 0) is 0 Å². The first-order chi connectivity index (χ1) is 12.2. The number of hydrogen-bond donors (Lipinski definition) is 3. The smallest absolute Gasteiger partial charge is 0.125 e. The molecule has 0 spiro atoms. The number of likely N-dealkylation sites (N-methyl/N-ethyl adjacent to an activating group) is 1. The number of ether oxygens (including phenoxy) is 1. The lowest BCUT2D eigenvalue weighted by Gasteiger charge is -2.12. The van der Waals surface area contributed by atoms with Crippen LogP contribution < -0.4 is 15.4 Å². The Labute approximate surface area is 146 Å². The first kappa shape index (κ1) is 17.1. The van der Waals surface area contributed by atoms with Gasteiger partial charge in [-0.25, -0.2) is 9.97 Å². The maximum atomic E-state index is 9.71. The molecule has 2 aromatic heterocycles. The fourth-order valence-electron chi connectivity index (χ4n) is 2.53. The predicted octanol–water partition coefficient (Wildman–Crippen LogP) is 2.30. The quantitative estimate of drug-likeness (QED) is 0.613. The molecular formula is C19H22N4O2. The standard InChI is InChI=1S/C19H22N4O2/c1-20-11-15(24)12-25-16-5-7-17-13(9-16)3-6-18(23-17)14-4-8-19(21-2)22-10-14/h3-10,15,20,24H,11-12H2,1-2H3,(H,21,22).